The van der Waals surface area contributed by atoms with Crippen LogP contribution in [0.15, 0.2) is 18.2 Å². The van der Waals surface area contributed by atoms with Crippen molar-refractivity contribution in [1.29, 1.82) is 0 Å². The van der Waals surface area contributed by atoms with Crippen molar-refractivity contribution < 1.29 is 19.6 Å². The Hall–Kier alpha value is -2.15. The molecule has 0 radical (unpaired) electrons. The van der Waals surface area contributed by atoms with Gasteiger partial charge in [-0.2, -0.15) is 0 Å². The number of aliphatic carboxylic acids is 1. The average Bonchev–Trinajstić information content (AvgIpc) is 2.27. The van der Waals surface area contributed by atoms with Gasteiger partial charge >= 0.3 is 5.97 Å². The summed E-state index contributed by atoms with van der Waals surface area (Å²) in [6.45, 7) is -0.194. The molecule has 0 fully saturated rings. The van der Waals surface area contributed by atoms with Crippen molar-refractivity contribution >= 4 is 11.7 Å². The molecule has 0 atom stereocenters. The predicted octanol–water partition coefficient (Wildman–Crippen LogP) is 0.559. The fraction of sp³-hybridized carbons (Fsp3) is 0.300. The molecule has 0 spiro atoms. The maximum Gasteiger partial charge on any atom is 0.341 e. The lowest BCUT2D eigenvalue weighted by Crippen LogP contribution is -2.12. The monoisotopic (exact) mass is 240 g/mol. The molecule has 7 nitrogen and oxygen atoms in total. The molecule has 7 heteroatoms. The predicted molar refractivity (Wildman–Crippen MR) is 59.0 cm³/mol. The first-order chi connectivity index (χ1) is 8.04. The van der Waals surface area contributed by atoms with E-state index in [1.54, 1.807) is 0 Å². The van der Waals surface area contributed by atoms with Crippen LogP contribution >= 0.6 is 0 Å². The van der Waals surface area contributed by atoms with Gasteiger partial charge in [-0.05, 0) is 19.0 Å². The number of nitrogens with zero attached hydrogens (tertiary/aromatic N) is 1. The summed E-state index contributed by atoms with van der Waals surface area (Å²) >= 11 is 0. The SMILES string of the molecule is NCCc1cc([N+](=O)[O-])ccc1OCC(=O)O. The summed E-state index contributed by atoms with van der Waals surface area (Å²) in [4.78, 5) is 20.4. The van der Waals surface area contributed by atoms with E-state index in [2.05, 4.69) is 0 Å². The molecule has 0 aromatic heterocycles. The van der Waals surface area contributed by atoms with Crippen LogP contribution in [0.2, 0.25) is 0 Å². The number of carboxylic acid groups (broad SMARTS) is 1. The topological polar surface area (TPSA) is 116 Å². The molecule has 0 heterocycles. The molecule has 0 aliphatic carbocycles. The fourth-order valence-corrected chi connectivity index (χ4v) is 1.31. The summed E-state index contributed by atoms with van der Waals surface area (Å²) < 4.78 is 5.01. The van der Waals surface area contributed by atoms with Crippen LogP contribution in [0.3, 0.4) is 0 Å². The minimum absolute atomic E-state index is 0.0730. The summed E-state index contributed by atoms with van der Waals surface area (Å²) in [5.41, 5.74) is 5.83. The van der Waals surface area contributed by atoms with Crippen molar-refractivity contribution in [2.24, 2.45) is 5.73 Å². The van der Waals surface area contributed by atoms with Gasteiger partial charge in [0.2, 0.25) is 0 Å². The molecule has 3 N–H and O–H groups in total. The minimum atomic E-state index is -1.11. The number of hydrogen-bond donors (Lipinski definition) is 2. The van der Waals surface area contributed by atoms with Crippen molar-refractivity contribution in [3.8, 4) is 5.75 Å². The highest BCUT2D eigenvalue weighted by molar-refractivity contribution is 5.68. The molecular formula is C10H12N2O5. The van der Waals surface area contributed by atoms with Crippen LogP contribution in [0.1, 0.15) is 5.56 Å². The molecule has 0 aliphatic heterocycles. The van der Waals surface area contributed by atoms with Crippen LogP contribution < -0.4 is 10.5 Å². The zero-order valence-electron chi connectivity index (χ0n) is 8.96. The Balaban J connectivity index is 2.95. The van der Waals surface area contributed by atoms with Crippen molar-refractivity contribution in [2.45, 2.75) is 6.42 Å². The average molecular weight is 240 g/mol. The van der Waals surface area contributed by atoms with Gasteiger partial charge in [0.05, 0.1) is 4.92 Å². The number of nitrogens with two attached hydrogens (primary N) is 1. The molecule has 0 amide bonds. The van der Waals surface area contributed by atoms with E-state index in [0.29, 0.717) is 24.3 Å². The van der Waals surface area contributed by atoms with Gasteiger partial charge in [-0.15, -0.1) is 0 Å². The summed E-state index contributed by atoms with van der Waals surface area (Å²) in [7, 11) is 0. The number of carboxylic acids is 1. The van der Waals surface area contributed by atoms with Gasteiger partial charge in [0.25, 0.3) is 5.69 Å². The first-order valence-corrected chi connectivity index (χ1v) is 4.86. The van der Waals surface area contributed by atoms with Crippen molar-refractivity contribution in [3.05, 3.63) is 33.9 Å². The smallest absolute Gasteiger partial charge is 0.341 e. The lowest BCUT2D eigenvalue weighted by molar-refractivity contribution is -0.384. The zero-order chi connectivity index (χ0) is 12.8. The molecule has 1 rings (SSSR count). The van der Waals surface area contributed by atoms with E-state index in [1.807, 2.05) is 0 Å². The van der Waals surface area contributed by atoms with Crippen LogP contribution in [0.25, 0.3) is 0 Å². The van der Waals surface area contributed by atoms with E-state index >= 15 is 0 Å². The third-order valence-electron chi connectivity index (χ3n) is 2.02. The first-order valence-electron chi connectivity index (χ1n) is 4.86. The van der Waals surface area contributed by atoms with E-state index in [1.165, 1.54) is 18.2 Å². The van der Waals surface area contributed by atoms with E-state index in [0.717, 1.165) is 0 Å². The molecule has 92 valence electrons. The van der Waals surface area contributed by atoms with Crippen molar-refractivity contribution in [3.63, 3.8) is 0 Å². The van der Waals surface area contributed by atoms with Gasteiger partial charge in [0, 0.05) is 17.7 Å². The minimum Gasteiger partial charge on any atom is -0.482 e. The van der Waals surface area contributed by atoms with Gasteiger partial charge in [-0.25, -0.2) is 4.79 Å². The fourth-order valence-electron chi connectivity index (χ4n) is 1.31. The van der Waals surface area contributed by atoms with E-state index in [-0.39, 0.29) is 5.69 Å². The Morgan fingerprint density at radius 2 is 2.24 bits per heavy atom. The van der Waals surface area contributed by atoms with Gasteiger partial charge in [0.15, 0.2) is 6.61 Å². The van der Waals surface area contributed by atoms with Crippen molar-refractivity contribution in [2.75, 3.05) is 13.2 Å². The highest BCUT2D eigenvalue weighted by Gasteiger charge is 2.12. The van der Waals surface area contributed by atoms with Gasteiger partial charge < -0.3 is 15.6 Å². The molecule has 1 aromatic carbocycles. The first kappa shape index (κ1) is 12.9. The molecule has 0 saturated carbocycles. The molecule has 0 saturated heterocycles. The molecular weight excluding hydrogens is 228 g/mol. The third kappa shape index (κ3) is 3.72. The van der Waals surface area contributed by atoms with E-state index < -0.39 is 17.5 Å². The number of carbonyl (C=O) groups is 1. The number of ether oxygens (including phenoxy) is 1. The lowest BCUT2D eigenvalue weighted by Gasteiger charge is -2.08. The summed E-state index contributed by atoms with van der Waals surface area (Å²) in [5.74, 6) is -0.800. The van der Waals surface area contributed by atoms with Crippen LogP contribution in [0, 0.1) is 10.1 Å². The number of benzene rings is 1. The second-order valence-electron chi connectivity index (χ2n) is 3.27. The Morgan fingerprint density at radius 3 is 2.76 bits per heavy atom. The number of rotatable bonds is 6. The second kappa shape index (κ2) is 5.80. The quantitative estimate of drug-likeness (QED) is 0.554. The Kier molecular flexibility index (Phi) is 4.41. The highest BCUT2D eigenvalue weighted by Crippen LogP contribution is 2.24. The summed E-state index contributed by atoms with van der Waals surface area (Å²) in [6, 6.07) is 3.98. The lowest BCUT2D eigenvalue weighted by atomic mass is 10.1. The molecule has 0 unspecified atom stereocenters. The van der Waals surface area contributed by atoms with Crippen LogP contribution in [-0.4, -0.2) is 29.2 Å². The van der Waals surface area contributed by atoms with Gasteiger partial charge in [-0.3, -0.25) is 10.1 Å². The standard InChI is InChI=1S/C10H12N2O5/c11-4-3-7-5-8(12(15)16)1-2-9(7)17-6-10(13)14/h1-2,5H,3-4,6,11H2,(H,13,14). The summed E-state index contributed by atoms with van der Waals surface area (Å²) in [5, 5.41) is 19.1. The maximum absolute atomic E-state index is 10.6. The molecule has 0 bridgehead atoms. The Labute approximate surface area is 97.0 Å². The zero-order valence-corrected chi connectivity index (χ0v) is 8.96. The van der Waals surface area contributed by atoms with Crippen LogP contribution in [0.4, 0.5) is 5.69 Å². The number of nitro groups is 1. The maximum atomic E-state index is 10.6. The second-order valence-corrected chi connectivity index (χ2v) is 3.27. The normalized spacial score (nSPS) is 9.94. The highest BCUT2D eigenvalue weighted by atomic mass is 16.6. The largest absolute Gasteiger partial charge is 0.482 e. The van der Waals surface area contributed by atoms with Gasteiger partial charge in [0.1, 0.15) is 5.75 Å². The number of non-ortho nitro benzene ring substituents is 1. The number of hydrogen-bond acceptors (Lipinski definition) is 5. The van der Waals surface area contributed by atoms with Crippen LogP contribution in [0.5, 0.6) is 5.75 Å². The van der Waals surface area contributed by atoms with Gasteiger partial charge in [-0.1, -0.05) is 0 Å². The molecule has 1 aromatic rings. The Bertz CT molecular complexity index is 433. The third-order valence-corrected chi connectivity index (χ3v) is 2.02. The molecule has 17 heavy (non-hydrogen) atoms. The Morgan fingerprint density at radius 1 is 1.53 bits per heavy atom. The number of nitro benzene ring substituents is 1. The van der Waals surface area contributed by atoms with Crippen LogP contribution in [-0.2, 0) is 11.2 Å². The van der Waals surface area contributed by atoms with E-state index in [4.69, 9.17) is 15.6 Å². The van der Waals surface area contributed by atoms with E-state index in [9.17, 15) is 14.9 Å². The van der Waals surface area contributed by atoms with Crippen molar-refractivity contribution in [1.82, 2.24) is 0 Å². The molecule has 0 aliphatic rings. The summed E-state index contributed by atoms with van der Waals surface area (Å²) in [6.07, 6.45) is 0.386.